The lowest BCUT2D eigenvalue weighted by molar-refractivity contribution is 0.104. The predicted octanol–water partition coefficient (Wildman–Crippen LogP) is 5.02. The topological polar surface area (TPSA) is 29.1 Å². The van der Waals surface area contributed by atoms with Crippen LogP contribution in [0.15, 0.2) is 54.7 Å². The molecule has 2 aromatic carbocycles. The predicted molar refractivity (Wildman–Crippen MR) is 89.1 cm³/mol. The number of anilines is 1. The summed E-state index contributed by atoms with van der Waals surface area (Å²) in [5.74, 6) is -0.0233. The van der Waals surface area contributed by atoms with E-state index in [0.717, 1.165) is 17.7 Å². The van der Waals surface area contributed by atoms with Gasteiger partial charge in [0.2, 0.25) is 0 Å². The molecule has 108 valence electrons. The van der Waals surface area contributed by atoms with Gasteiger partial charge in [-0.15, -0.1) is 0 Å². The van der Waals surface area contributed by atoms with Crippen LogP contribution in [0.5, 0.6) is 0 Å². The number of benzene rings is 2. The molecule has 0 saturated heterocycles. The fourth-order valence-corrected chi connectivity index (χ4v) is 2.15. The van der Waals surface area contributed by atoms with Crippen molar-refractivity contribution in [1.29, 1.82) is 0 Å². The van der Waals surface area contributed by atoms with Gasteiger partial charge in [0.1, 0.15) is 0 Å². The summed E-state index contributed by atoms with van der Waals surface area (Å²) in [6.07, 6.45) is 4.15. The Kier molecular flexibility index (Phi) is 5.18. The van der Waals surface area contributed by atoms with Crippen molar-refractivity contribution in [2.45, 2.75) is 20.3 Å². The zero-order chi connectivity index (χ0) is 15.2. The van der Waals surface area contributed by atoms with E-state index in [-0.39, 0.29) is 5.78 Å². The summed E-state index contributed by atoms with van der Waals surface area (Å²) < 4.78 is 0. The summed E-state index contributed by atoms with van der Waals surface area (Å²) in [4.78, 5) is 12.0. The monoisotopic (exact) mass is 299 g/mol. The summed E-state index contributed by atoms with van der Waals surface area (Å²) in [6, 6.07) is 13.3. The Bertz CT molecular complexity index is 659. The van der Waals surface area contributed by atoms with Crippen molar-refractivity contribution < 1.29 is 4.79 Å². The van der Waals surface area contributed by atoms with Gasteiger partial charge in [0, 0.05) is 28.5 Å². The Balaban J connectivity index is 2.03. The second kappa shape index (κ2) is 7.09. The van der Waals surface area contributed by atoms with Crippen LogP contribution >= 0.6 is 11.6 Å². The zero-order valence-electron chi connectivity index (χ0n) is 12.2. The SMILES string of the molecule is CCc1ccc(C(=O)/C=C/Nc2cccc(Cl)c2C)cc1. The Morgan fingerprint density at radius 1 is 1.19 bits per heavy atom. The molecule has 0 aliphatic carbocycles. The molecule has 2 rings (SSSR count). The Hall–Kier alpha value is -2.06. The molecule has 0 atom stereocenters. The number of ketones is 1. The Morgan fingerprint density at radius 3 is 2.57 bits per heavy atom. The molecule has 0 unspecified atom stereocenters. The lowest BCUT2D eigenvalue weighted by Crippen LogP contribution is -1.97. The largest absolute Gasteiger partial charge is 0.361 e. The van der Waals surface area contributed by atoms with Crippen LogP contribution in [0.3, 0.4) is 0 Å². The third-order valence-electron chi connectivity index (χ3n) is 3.39. The van der Waals surface area contributed by atoms with Gasteiger partial charge >= 0.3 is 0 Å². The molecular formula is C18H18ClNO. The van der Waals surface area contributed by atoms with Gasteiger partial charge in [0.25, 0.3) is 0 Å². The molecule has 0 aliphatic heterocycles. The highest BCUT2D eigenvalue weighted by atomic mass is 35.5. The fourth-order valence-electron chi connectivity index (χ4n) is 1.97. The molecule has 0 heterocycles. The molecule has 0 radical (unpaired) electrons. The number of hydrogen-bond acceptors (Lipinski definition) is 2. The first-order valence-electron chi connectivity index (χ1n) is 6.93. The van der Waals surface area contributed by atoms with Crippen LogP contribution in [0.25, 0.3) is 0 Å². The van der Waals surface area contributed by atoms with Crippen molar-refractivity contribution in [3.8, 4) is 0 Å². The normalized spacial score (nSPS) is 10.8. The summed E-state index contributed by atoms with van der Waals surface area (Å²) >= 11 is 6.05. The number of carbonyl (C=O) groups excluding carboxylic acids is 1. The van der Waals surface area contributed by atoms with Gasteiger partial charge in [-0.1, -0.05) is 48.9 Å². The molecule has 0 spiro atoms. The van der Waals surface area contributed by atoms with Crippen molar-refractivity contribution in [2.24, 2.45) is 0 Å². The van der Waals surface area contributed by atoms with Gasteiger partial charge in [-0.2, -0.15) is 0 Å². The number of carbonyl (C=O) groups is 1. The van der Waals surface area contributed by atoms with Gasteiger partial charge in [-0.25, -0.2) is 0 Å². The van der Waals surface area contributed by atoms with Gasteiger partial charge in [0.15, 0.2) is 5.78 Å². The molecule has 1 N–H and O–H groups in total. The van der Waals surface area contributed by atoms with E-state index in [9.17, 15) is 4.79 Å². The van der Waals surface area contributed by atoms with Gasteiger partial charge in [0.05, 0.1) is 0 Å². The van der Waals surface area contributed by atoms with Crippen molar-refractivity contribution in [3.63, 3.8) is 0 Å². The molecule has 0 amide bonds. The van der Waals surface area contributed by atoms with Crippen molar-refractivity contribution in [2.75, 3.05) is 5.32 Å². The number of allylic oxidation sites excluding steroid dienone is 1. The quantitative estimate of drug-likeness (QED) is 0.620. The molecule has 2 aromatic rings. The van der Waals surface area contributed by atoms with E-state index in [4.69, 9.17) is 11.6 Å². The molecular weight excluding hydrogens is 282 g/mol. The van der Waals surface area contributed by atoms with Crippen LogP contribution in [0, 0.1) is 6.92 Å². The highest BCUT2D eigenvalue weighted by molar-refractivity contribution is 6.31. The highest BCUT2D eigenvalue weighted by Crippen LogP contribution is 2.22. The minimum atomic E-state index is -0.0233. The van der Waals surface area contributed by atoms with Gasteiger partial charge < -0.3 is 5.32 Å². The van der Waals surface area contributed by atoms with Crippen LogP contribution < -0.4 is 5.32 Å². The maximum absolute atomic E-state index is 12.0. The van der Waals surface area contributed by atoms with Gasteiger partial charge in [-0.05, 0) is 36.6 Å². The van der Waals surface area contributed by atoms with E-state index in [1.54, 1.807) is 6.20 Å². The molecule has 0 bridgehead atoms. The Labute approximate surface area is 130 Å². The Morgan fingerprint density at radius 2 is 1.90 bits per heavy atom. The van der Waals surface area contributed by atoms with E-state index >= 15 is 0 Å². The first-order chi connectivity index (χ1) is 10.1. The van der Waals surface area contributed by atoms with Crippen LogP contribution in [-0.4, -0.2) is 5.78 Å². The minimum Gasteiger partial charge on any atom is -0.361 e. The molecule has 2 nitrogen and oxygen atoms in total. The van der Waals surface area contributed by atoms with E-state index in [0.29, 0.717) is 10.6 Å². The summed E-state index contributed by atoms with van der Waals surface area (Å²) in [5, 5.41) is 3.79. The molecule has 0 aliphatic rings. The summed E-state index contributed by atoms with van der Waals surface area (Å²) in [7, 11) is 0. The second-order valence-electron chi connectivity index (χ2n) is 4.80. The number of aryl methyl sites for hydroxylation is 1. The van der Waals surface area contributed by atoms with E-state index in [2.05, 4.69) is 12.2 Å². The van der Waals surface area contributed by atoms with Crippen molar-refractivity contribution in [1.82, 2.24) is 0 Å². The van der Waals surface area contributed by atoms with Crippen LogP contribution in [0.1, 0.15) is 28.4 Å². The lowest BCUT2D eigenvalue weighted by atomic mass is 10.1. The molecule has 3 heteroatoms. The van der Waals surface area contributed by atoms with E-state index < -0.39 is 0 Å². The summed E-state index contributed by atoms with van der Waals surface area (Å²) in [5.41, 5.74) is 3.77. The highest BCUT2D eigenvalue weighted by Gasteiger charge is 2.02. The maximum atomic E-state index is 12.0. The average molecular weight is 300 g/mol. The third-order valence-corrected chi connectivity index (χ3v) is 3.80. The van der Waals surface area contributed by atoms with Crippen molar-refractivity contribution >= 4 is 23.1 Å². The fraction of sp³-hybridized carbons (Fsp3) is 0.167. The number of hydrogen-bond donors (Lipinski definition) is 1. The molecule has 21 heavy (non-hydrogen) atoms. The van der Waals surface area contributed by atoms with Crippen LogP contribution in [0.2, 0.25) is 5.02 Å². The standard InChI is InChI=1S/C18H18ClNO/c1-3-14-7-9-15(10-8-14)18(21)11-12-20-17-6-4-5-16(19)13(17)2/h4-12,20H,3H2,1-2H3/b12-11+. The van der Waals surface area contributed by atoms with Crippen molar-refractivity contribution in [3.05, 3.63) is 76.5 Å². The lowest BCUT2D eigenvalue weighted by Gasteiger charge is -2.06. The van der Waals surface area contributed by atoms with Crippen LogP contribution in [0.4, 0.5) is 5.69 Å². The smallest absolute Gasteiger partial charge is 0.187 e. The van der Waals surface area contributed by atoms with Crippen LogP contribution in [-0.2, 0) is 6.42 Å². The third kappa shape index (κ3) is 3.96. The second-order valence-corrected chi connectivity index (χ2v) is 5.21. The first kappa shape index (κ1) is 15.3. The number of nitrogens with one attached hydrogen (secondary N) is 1. The molecule has 0 aromatic heterocycles. The van der Waals surface area contributed by atoms with E-state index in [1.165, 1.54) is 11.6 Å². The number of rotatable bonds is 5. The molecule has 0 fully saturated rings. The number of halogens is 1. The summed E-state index contributed by atoms with van der Waals surface area (Å²) in [6.45, 7) is 4.03. The van der Waals surface area contributed by atoms with E-state index in [1.807, 2.05) is 49.4 Å². The zero-order valence-corrected chi connectivity index (χ0v) is 12.9. The first-order valence-corrected chi connectivity index (χ1v) is 7.31. The maximum Gasteiger partial charge on any atom is 0.187 e. The molecule has 0 saturated carbocycles. The minimum absolute atomic E-state index is 0.0233. The average Bonchev–Trinajstić information content (AvgIpc) is 2.51. The van der Waals surface area contributed by atoms with Gasteiger partial charge in [-0.3, -0.25) is 4.79 Å².